The van der Waals surface area contributed by atoms with Gasteiger partial charge in [0.1, 0.15) is 33.6 Å². The molecule has 0 bridgehead atoms. The van der Waals surface area contributed by atoms with Crippen LogP contribution in [-0.4, -0.2) is 137 Å². The van der Waals surface area contributed by atoms with Gasteiger partial charge in [0, 0.05) is 0 Å². The molecule has 0 N–H and O–H groups in total. The smallest absolute Gasteiger partial charge is 0.432 e. The lowest BCUT2D eigenvalue weighted by Crippen LogP contribution is -2.43. The number of carbonyl (C=O) groups is 6. The van der Waals surface area contributed by atoms with E-state index in [-0.39, 0.29) is 26.4 Å². The Bertz CT molecular complexity index is 1520. The van der Waals surface area contributed by atoms with Gasteiger partial charge in [0.25, 0.3) is 0 Å². The standard InChI is InChI=1S/C29H52O20.C13H26O4.C12H24O4/c1-25(2,3)46-42-21(30)38-17-34-13-29(14-35-18-39-22(31)43-47-26(4,5)6,15-36-19-40-23(32)44-48-27(7,8)9)16-37-20-41-24(33)45-49-28(10,11)12;1-5-7-8-9-10-11-15-12(14)16-17-13(3,4)6-2;1-5-6-7-8-9-10-14-11(13)15-16-12(2,3)4/h13-20H2,1-12H3;5-11H2,1-4H3;5-10H2,1-4H3. The van der Waals surface area contributed by atoms with Crippen LogP contribution in [0.3, 0.4) is 0 Å². The summed E-state index contributed by atoms with van der Waals surface area (Å²) in [6.07, 6.45) is 5.68. The van der Waals surface area contributed by atoms with Crippen molar-refractivity contribution in [2.45, 2.75) is 243 Å². The minimum Gasteiger partial charge on any atom is -0.432 e. The third-order valence-electron chi connectivity index (χ3n) is 8.59. The second-order valence-corrected chi connectivity index (χ2v) is 23.6. The van der Waals surface area contributed by atoms with Crippen molar-refractivity contribution in [3.8, 4) is 0 Å². The van der Waals surface area contributed by atoms with Crippen molar-refractivity contribution in [1.29, 1.82) is 0 Å². The van der Waals surface area contributed by atoms with Gasteiger partial charge in [0.15, 0.2) is 27.2 Å². The van der Waals surface area contributed by atoms with E-state index in [1.54, 1.807) is 104 Å². The zero-order chi connectivity index (χ0) is 63.4. The monoisotopic (exact) mass is 1200 g/mol. The summed E-state index contributed by atoms with van der Waals surface area (Å²) in [6.45, 7) is 32.0. The molecule has 28 heteroatoms. The quantitative estimate of drug-likeness (QED) is 0.0140. The number of hydrogen-bond donors (Lipinski definition) is 0. The molecule has 28 nitrogen and oxygen atoms in total. The summed E-state index contributed by atoms with van der Waals surface area (Å²) in [5.74, 6) is 0. The first-order valence-corrected chi connectivity index (χ1v) is 27.3. The Morgan fingerprint density at radius 3 is 0.720 bits per heavy atom. The van der Waals surface area contributed by atoms with Crippen molar-refractivity contribution in [3.63, 3.8) is 0 Å². The molecular weight excluding hydrogens is 1100 g/mol. The highest BCUT2D eigenvalue weighted by molar-refractivity contribution is 5.60. The second kappa shape index (κ2) is 44.7. The maximum absolute atomic E-state index is 11.8. The van der Waals surface area contributed by atoms with E-state index < -0.39 is 103 Å². The lowest BCUT2D eigenvalue weighted by molar-refractivity contribution is -0.317. The van der Waals surface area contributed by atoms with Crippen molar-refractivity contribution in [3.05, 3.63) is 0 Å². The predicted molar refractivity (Wildman–Crippen MR) is 288 cm³/mol. The average Bonchev–Trinajstić information content (AvgIpc) is 3.38. The van der Waals surface area contributed by atoms with E-state index in [1.165, 1.54) is 38.5 Å². The summed E-state index contributed by atoms with van der Waals surface area (Å²) in [5.41, 5.74) is -5.50. The number of ether oxygens (including phenoxy) is 10. The molecule has 0 aliphatic heterocycles. The van der Waals surface area contributed by atoms with Crippen LogP contribution in [0.5, 0.6) is 0 Å². The van der Waals surface area contributed by atoms with Gasteiger partial charge in [-0.05, 0) is 137 Å². The minimum atomic E-state index is -1.35. The maximum Gasteiger partial charge on any atom is 0.542 e. The molecule has 0 radical (unpaired) electrons. The Hall–Kier alpha value is -4.78. The predicted octanol–water partition coefficient (Wildman–Crippen LogP) is 13.5. The van der Waals surface area contributed by atoms with Crippen molar-refractivity contribution in [1.82, 2.24) is 0 Å². The number of unbranched alkanes of at least 4 members (excludes halogenated alkanes) is 8. The van der Waals surface area contributed by atoms with Crippen LogP contribution in [0.4, 0.5) is 28.8 Å². The van der Waals surface area contributed by atoms with E-state index in [9.17, 15) is 28.8 Å². The molecule has 486 valence electrons. The highest BCUT2D eigenvalue weighted by Gasteiger charge is 2.34. The van der Waals surface area contributed by atoms with E-state index in [2.05, 4.69) is 43.2 Å². The number of carbonyl (C=O) groups excluding carboxylic acids is 6. The Morgan fingerprint density at radius 2 is 0.500 bits per heavy atom. The molecule has 0 amide bonds. The molecule has 0 aliphatic carbocycles. The van der Waals surface area contributed by atoms with Crippen LogP contribution in [0, 0.1) is 5.41 Å². The molecule has 0 aliphatic rings. The van der Waals surface area contributed by atoms with E-state index in [4.69, 9.17) is 76.7 Å². The molecule has 0 aromatic rings. The number of rotatable bonds is 36. The van der Waals surface area contributed by atoms with Crippen LogP contribution >= 0.6 is 0 Å². The first-order valence-electron chi connectivity index (χ1n) is 27.3. The fraction of sp³-hybridized carbons (Fsp3) is 0.889. The molecule has 0 saturated carbocycles. The molecule has 0 fully saturated rings. The van der Waals surface area contributed by atoms with Crippen molar-refractivity contribution < 1.29 is 135 Å². The zero-order valence-electron chi connectivity index (χ0n) is 52.8. The molecule has 0 heterocycles. The van der Waals surface area contributed by atoms with Gasteiger partial charge in [0.2, 0.25) is 0 Å². The Morgan fingerprint density at radius 1 is 0.280 bits per heavy atom. The van der Waals surface area contributed by atoms with Crippen LogP contribution in [0.25, 0.3) is 0 Å². The lowest BCUT2D eigenvalue weighted by Gasteiger charge is -2.32. The largest absolute Gasteiger partial charge is 0.542 e. The first-order chi connectivity index (χ1) is 37.9. The molecule has 0 rings (SSSR count). The topological polar surface area (TPSA) is 305 Å². The van der Waals surface area contributed by atoms with Gasteiger partial charge >= 0.3 is 36.9 Å². The molecule has 0 aromatic heterocycles. The summed E-state index contributed by atoms with van der Waals surface area (Å²) < 4.78 is 51.0. The van der Waals surface area contributed by atoms with Crippen LogP contribution in [0.2, 0.25) is 0 Å². The average molecular weight is 1200 g/mol. The van der Waals surface area contributed by atoms with E-state index >= 15 is 0 Å². The van der Waals surface area contributed by atoms with Gasteiger partial charge < -0.3 is 47.4 Å². The molecule has 0 aromatic carbocycles. The fourth-order valence-corrected chi connectivity index (χ4v) is 4.51. The van der Waals surface area contributed by atoms with E-state index in [1.807, 2.05) is 20.8 Å². The summed E-state index contributed by atoms with van der Waals surface area (Å²) in [5, 5.41) is 0. The normalized spacial score (nSPS) is 12.0. The van der Waals surface area contributed by atoms with Gasteiger partial charge in [-0.2, -0.15) is 29.3 Å². The summed E-state index contributed by atoms with van der Waals surface area (Å²) in [6, 6.07) is 0. The van der Waals surface area contributed by atoms with Crippen LogP contribution in [-0.2, 0) is 106 Å². The van der Waals surface area contributed by atoms with Crippen molar-refractivity contribution in [2.75, 3.05) is 66.8 Å². The molecule has 82 heavy (non-hydrogen) atoms. The van der Waals surface area contributed by atoms with Gasteiger partial charge in [-0.3, -0.25) is 29.3 Å². The molecule has 0 atom stereocenters. The highest BCUT2D eigenvalue weighted by Crippen LogP contribution is 2.22. The Balaban J connectivity index is -0.00000152. The third-order valence-corrected chi connectivity index (χ3v) is 8.59. The minimum absolute atomic E-state index is 0.340. The van der Waals surface area contributed by atoms with Crippen LogP contribution in [0.15, 0.2) is 0 Å². The Labute approximate surface area is 485 Å². The number of hydrogen-bond acceptors (Lipinski definition) is 28. The summed E-state index contributed by atoms with van der Waals surface area (Å²) >= 11 is 0. The van der Waals surface area contributed by atoms with Crippen molar-refractivity contribution in [2.24, 2.45) is 5.41 Å². The SMILES string of the molecule is CC(C)(C)OOC(=O)OCOCC(COCOC(=O)OOC(C)(C)C)(COCOC(=O)OOC(C)(C)C)COCOC(=O)OOC(C)(C)C.CCCCCCCOC(=O)OOC(C)(C)C.CCCCCCCOC(=O)OOC(C)(C)CC. The van der Waals surface area contributed by atoms with Gasteiger partial charge in [-0.1, -0.05) is 72.1 Å². The first kappa shape index (κ1) is 81.4. The summed E-state index contributed by atoms with van der Waals surface area (Å²) in [7, 11) is 0. The Kier molecular flexibility index (Phi) is 44.4. The van der Waals surface area contributed by atoms with E-state index in [0.717, 1.165) is 32.1 Å². The highest BCUT2D eigenvalue weighted by atomic mass is 17.3. The fourth-order valence-electron chi connectivity index (χ4n) is 4.51. The third kappa shape index (κ3) is 61.3. The zero-order valence-corrected chi connectivity index (χ0v) is 52.8. The molecule has 0 saturated heterocycles. The molecule has 0 unspecified atom stereocenters. The van der Waals surface area contributed by atoms with Gasteiger partial charge in [-0.15, -0.1) is 0 Å². The second-order valence-electron chi connectivity index (χ2n) is 23.6. The van der Waals surface area contributed by atoms with Gasteiger partial charge in [0.05, 0.1) is 45.1 Å². The maximum atomic E-state index is 11.8. The van der Waals surface area contributed by atoms with Crippen LogP contribution < -0.4 is 0 Å². The van der Waals surface area contributed by atoms with E-state index in [0.29, 0.717) is 13.2 Å². The lowest BCUT2D eigenvalue weighted by atomic mass is 9.92. The molecule has 0 spiro atoms. The van der Waals surface area contributed by atoms with Crippen LogP contribution in [0.1, 0.15) is 209 Å². The molecular formula is C54H102O28. The van der Waals surface area contributed by atoms with Gasteiger partial charge in [-0.25, -0.2) is 28.8 Å². The van der Waals surface area contributed by atoms with Crippen molar-refractivity contribution >= 4 is 36.9 Å². The summed E-state index contributed by atoms with van der Waals surface area (Å²) in [4.78, 5) is 126.